The van der Waals surface area contributed by atoms with Crippen LogP contribution in [0.2, 0.25) is 0 Å². The van der Waals surface area contributed by atoms with E-state index in [1.54, 1.807) is 6.26 Å². The number of hydrogen-bond acceptors (Lipinski definition) is 4. The van der Waals surface area contributed by atoms with Gasteiger partial charge in [-0.1, -0.05) is 25.0 Å². The Balaban J connectivity index is 0.000000194. The van der Waals surface area contributed by atoms with Crippen LogP contribution in [0.4, 0.5) is 10.5 Å². The van der Waals surface area contributed by atoms with Gasteiger partial charge in [-0.2, -0.15) is 0 Å². The molecule has 1 heterocycles. The zero-order valence-electron chi connectivity index (χ0n) is 15.2. The molecule has 3 rings (SSSR count). The highest BCUT2D eigenvalue weighted by Gasteiger charge is 2.37. The number of carbonyl (C=O) groups is 1. The van der Waals surface area contributed by atoms with E-state index in [2.05, 4.69) is 0 Å². The van der Waals surface area contributed by atoms with Crippen molar-refractivity contribution in [1.82, 2.24) is 4.90 Å². The van der Waals surface area contributed by atoms with Crippen molar-refractivity contribution in [3.63, 3.8) is 0 Å². The Morgan fingerprint density at radius 3 is 2.48 bits per heavy atom. The Morgan fingerprint density at radius 2 is 1.92 bits per heavy atom. The number of para-hydroxylation sites is 1. The molecule has 2 aromatic rings. The van der Waals surface area contributed by atoms with Gasteiger partial charge in [-0.25, -0.2) is 4.79 Å². The van der Waals surface area contributed by atoms with Crippen LogP contribution in [0.25, 0.3) is 11.0 Å². The van der Waals surface area contributed by atoms with Gasteiger partial charge in [0.2, 0.25) is 0 Å². The molecular formula is C19H29N3O3. The smallest absolute Gasteiger partial charge is 0.408 e. The van der Waals surface area contributed by atoms with E-state index in [1.807, 2.05) is 45.0 Å². The zero-order chi connectivity index (χ0) is 18.6. The lowest BCUT2D eigenvalue weighted by Gasteiger charge is -2.44. The van der Waals surface area contributed by atoms with E-state index in [0.29, 0.717) is 5.69 Å². The van der Waals surface area contributed by atoms with Crippen LogP contribution in [0.3, 0.4) is 0 Å². The number of nitrogen functional groups attached to an aromatic ring is 1. The third-order valence-electron chi connectivity index (χ3n) is 4.55. The monoisotopic (exact) mass is 347 g/mol. The second-order valence-electron chi connectivity index (χ2n) is 7.53. The van der Waals surface area contributed by atoms with Crippen molar-refractivity contribution >= 4 is 22.7 Å². The number of benzene rings is 1. The molecule has 0 spiro atoms. The molecule has 0 saturated heterocycles. The van der Waals surface area contributed by atoms with Gasteiger partial charge in [0.15, 0.2) is 5.58 Å². The maximum Gasteiger partial charge on any atom is 0.408 e. The molecule has 0 bridgehead atoms. The zero-order valence-corrected chi connectivity index (χ0v) is 15.2. The fourth-order valence-electron chi connectivity index (χ4n) is 3.40. The van der Waals surface area contributed by atoms with Gasteiger partial charge in [-0.05, 0) is 45.7 Å². The van der Waals surface area contributed by atoms with Crippen molar-refractivity contribution in [2.75, 3.05) is 5.73 Å². The van der Waals surface area contributed by atoms with Crippen LogP contribution in [0.15, 0.2) is 34.9 Å². The molecule has 0 radical (unpaired) electrons. The molecular weight excluding hydrogens is 318 g/mol. The van der Waals surface area contributed by atoms with Gasteiger partial charge in [0.25, 0.3) is 0 Å². The van der Waals surface area contributed by atoms with E-state index in [4.69, 9.17) is 15.9 Å². The SMILES string of the molecule is CC(C)(C)N(C(=O)O)[C@H]1CCCC[C@H]1N.Nc1cccc2ccoc12. The molecule has 1 aliphatic rings. The first kappa shape index (κ1) is 19.1. The molecule has 5 N–H and O–H groups in total. The normalized spacial score (nSPS) is 20.6. The summed E-state index contributed by atoms with van der Waals surface area (Å²) in [7, 11) is 0. The summed E-state index contributed by atoms with van der Waals surface area (Å²) in [6.07, 6.45) is 4.81. The lowest BCUT2D eigenvalue weighted by atomic mass is 9.87. The van der Waals surface area contributed by atoms with Crippen LogP contribution in [-0.4, -0.2) is 33.7 Å². The van der Waals surface area contributed by atoms with Crippen LogP contribution in [0.5, 0.6) is 0 Å². The molecule has 6 heteroatoms. The van der Waals surface area contributed by atoms with E-state index >= 15 is 0 Å². The maximum absolute atomic E-state index is 11.3. The van der Waals surface area contributed by atoms with Crippen LogP contribution in [0.1, 0.15) is 46.5 Å². The number of rotatable bonds is 1. The number of anilines is 1. The first-order valence-electron chi connectivity index (χ1n) is 8.71. The van der Waals surface area contributed by atoms with Crippen LogP contribution in [-0.2, 0) is 0 Å². The largest absolute Gasteiger partial charge is 0.465 e. The standard InChI is InChI=1S/C11H22N2O2.C8H7NO/c1-11(2,3)13(10(14)15)9-7-5-4-6-8(9)12;9-7-3-1-2-6-4-5-10-8(6)7/h8-9H,4-7,12H2,1-3H3,(H,14,15);1-5H,9H2/t8-,9+;/m1./s1. The van der Waals surface area contributed by atoms with E-state index in [-0.39, 0.29) is 17.6 Å². The third-order valence-corrected chi connectivity index (χ3v) is 4.55. The Kier molecular flexibility index (Phi) is 5.95. The molecule has 6 nitrogen and oxygen atoms in total. The molecule has 1 aliphatic carbocycles. The van der Waals surface area contributed by atoms with E-state index in [0.717, 1.165) is 36.7 Å². The van der Waals surface area contributed by atoms with Crippen molar-refractivity contribution < 1.29 is 14.3 Å². The molecule has 2 atom stereocenters. The van der Waals surface area contributed by atoms with Crippen LogP contribution in [0, 0.1) is 0 Å². The Bertz CT molecular complexity index is 705. The summed E-state index contributed by atoms with van der Waals surface area (Å²) in [6, 6.07) is 7.57. The number of nitrogens with two attached hydrogens (primary N) is 2. The van der Waals surface area contributed by atoms with Crippen molar-refractivity contribution in [1.29, 1.82) is 0 Å². The van der Waals surface area contributed by atoms with Crippen LogP contribution < -0.4 is 11.5 Å². The fourth-order valence-corrected chi connectivity index (χ4v) is 3.40. The van der Waals surface area contributed by atoms with E-state index in [1.165, 1.54) is 4.90 Å². The molecule has 1 aromatic carbocycles. The minimum Gasteiger partial charge on any atom is -0.465 e. The molecule has 0 unspecified atom stereocenters. The molecule has 1 fully saturated rings. The van der Waals surface area contributed by atoms with Gasteiger partial charge in [0.05, 0.1) is 18.0 Å². The Labute approximate surface area is 148 Å². The summed E-state index contributed by atoms with van der Waals surface area (Å²) < 4.78 is 5.12. The average molecular weight is 347 g/mol. The van der Waals surface area contributed by atoms with E-state index < -0.39 is 6.09 Å². The van der Waals surface area contributed by atoms with Crippen molar-refractivity contribution in [2.45, 2.75) is 64.1 Å². The topological polar surface area (TPSA) is 106 Å². The van der Waals surface area contributed by atoms with Crippen molar-refractivity contribution in [3.8, 4) is 0 Å². The second-order valence-corrected chi connectivity index (χ2v) is 7.53. The highest BCUT2D eigenvalue weighted by atomic mass is 16.4. The highest BCUT2D eigenvalue weighted by Crippen LogP contribution is 2.27. The number of fused-ring (bicyclic) bond motifs is 1. The molecule has 1 aromatic heterocycles. The van der Waals surface area contributed by atoms with Crippen molar-refractivity contribution in [2.24, 2.45) is 5.73 Å². The predicted molar refractivity (Wildman–Crippen MR) is 100 cm³/mol. The van der Waals surface area contributed by atoms with Gasteiger partial charge in [0, 0.05) is 17.0 Å². The first-order valence-corrected chi connectivity index (χ1v) is 8.71. The summed E-state index contributed by atoms with van der Waals surface area (Å²) in [6.45, 7) is 5.76. The number of furan rings is 1. The molecule has 25 heavy (non-hydrogen) atoms. The van der Waals surface area contributed by atoms with Gasteiger partial charge in [0.1, 0.15) is 0 Å². The lowest BCUT2D eigenvalue weighted by Crippen LogP contribution is -2.58. The minimum absolute atomic E-state index is 0.00549. The highest BCUT2D eigenvalue weighted by molar-refractivity contribution is 5.87. The number of carboxylic acid groups (broad SMARTS) is 1. The minimum atomic E-state index is -0.857. The quantitative estimate of drug-likeness (QED) is 0.675. The molecule has 138 valence electrons. The lowest BCUT2D eigenvalue weighted by molar-refractivity contribution is 0.0491. The van der Waals surface area contributed by atoms with Gasteiger partial charge in [-0.3, -0.25) is 4.90 Å². The first-order chi connectivity index (χ1) is 11.7. The Morgan fingerprint density at radius 1 is 1.24 bits per heavy atom. The molecule has 1 saturated carbocycles. The summed E-state index contributed by atoms with van der Waals surface area (Å²) in [4.78, 5) is 12.8. The molecule has 1 amide bonds. The Hall–Kier alpha value is -2.21. The average Bonchev–Trinajstić information content (AvgIpc) is 2.98. The van der Waals surface area contributed by atoms with Crippen molar-refractivity contribution in [3.05, 3.63) is 30.5 Å². The second kappa shape index (κ2) is 7.78. The van der Waals surface area contributed by atoms with Gasteiger partial charge in [-0.15, -0.1) is 0 Å². The predicted octanol–water partition coefficient (Wildman–Crippen LogP) is 4.05. The van der Waals surface area contributed by atoms with Crippen LogP contribution >= 0.6 is 0 Å². The summed E-state index contributed by atoms with van der Waals surface area (Å²) in [5.41, 5.74) is 12.7. The number of nitrogens with zero attached hydrogens (tertiary/aromatic N) is 1. The van der Waals surface area contributed by atoms with Gasteiger partial charge < -0.3 is 21.0 Å². The summed E-state index contributed by atoms with van der Waals surface area (Å²) in [5.74, 6) is 0. The third kappa shape index (κ3) is 4.66. The fraction of sp³-hybridized carbons (Fsp3) is 0.526. The number of amides is 1. The number of hydrogen-bond donors (Lipinski definition) is 3. The van der Waals surface area contributed by atoms with Gasteiger partial charge >= 0.3 is 6.09 Å². The maximum atomic E-state index is 11.3. The summed E-state index contributed by atoms with van der Waals surface area (Å²) >= 11 is 0. The summed E-state index contributed by atoms with van der Waals surface area (Å²) in [5, 5.41) is 10.3. The van der Waals surface area contributed by atoms with E-state index in [9.17, 15) is 9.90 Å². The molecule has 0 aliphatic heterocycles.